The third-order valence-corrected chi connectivity index (χ3v) is 6.21. The summed E-state index contributed by atoms with van der Waals surface area (Å²) in [6, 6.07) is 14.8. The summed E-state index contributed by atoms with van der Waals surface area (Å²) in [4.78, 5) is 4.14. The number of aryl methyl sites for hydroxylation is 4. The summed E-state index contributed by atoms with van der Waals surface area (Å²) >= 11 is 12.4. The molecule has 0 fully saturated rings. The maximum absolute atomic E-state index is 6.39. The van der Waals surface area contributed by atoms with Gasteiger partial charge in [-0.2, -0.15) is 0 Å². The highest BCUT2D eigenvalue weighted by Gasteiger charge is 2.11. The smallest absolute Gasteiger partial charge is 0.0945 e. The van der Waals surface area contributed by atoms with Crippen LogP contribution in [0.5, 0.6) is 0 Å². The van der Waals surface area contributed by atoms with Crippen LogP contribution >= 0.6 is 23.2 Å². The van der Waals surface area contributed by atoms with Gasteiger partial charge >= 0.3 is 0 Å². The zero-order valence-electron chi connectivity index (χ0n) is 17.2. The van der Waals surface area contributed by atoms with Crippen molar-refractivity contribution in [1.82, 2.24) is 9.55 Å². The molecule has 1 heterocycles. The van der Waals surface area contributed by atoms with Gasteiger partial charge in [0.2, 0.25) is 0 Å². The second kappa shape index (κ2) is 11.4. The van der Waals surface area contributed by atoms with E-state index in [4.69, 9.17) is 23.2 Å². The first-order chi connectivity index (χ1) is 14.1. The molecule has 1 unspecified atom stereocenters. The number of hydrogen-bond donors (Lipinski definition) is 0. The molecule has 0 bridgehead atoms. The average molecular weight is 429 g/mol. The highest BCUT2D eigenvalue weighted by Crippen LogP contribution is 2.26. The van der Waals surface area contributed by atoms with E-state index in [-0.39, 0.29) is 0 Å². The summed E-state index contributed by atoms with van der Waals surface area (Å²) < 4.78 is 2.17. The van der Waals surface area contributed by atoms with Gasteiger partial charge < -0.3 is 4.57 Å². The van der Waals surface area contributed by atoms with Crippen LogP contribution in [-0.2, 0) is 19.4 Å². The maximum Gasteiger partial charge on any atom is 0.0945 e. The van der Waals surface area contributed by atoms with Crippen molar-refractivity contribution >= 4 is 23.2 Å². The zero-order chi connectivity index (χ0) is 20.5. The molecule has 2 nitrogen and oxygen atoms in total. The van der Waals surface area contributed by atoms with Gasteiger partial charge in [-0.3, -0.25) is 0 Å². The molecular formula is C25H30Cl2N2. The van der Waals surface area contributed by atoms with Crippen LogP contribution in [0.3, 0.4) is 0 Å². The van der Waals surface area contributed by atoms with Gasteiger partial charge in [-0.1, -0.05) is 65.5 Å². The Morgan fingerprint density at radius 2 is 1.72 bits per heavy atom. The van der Waals surface area contributed by atoms with Crippen molar-refractivity contribution in [2.75, 3.05) is 0 Å². The first kappa shape index (κ1) is 21.9. The van der Waals surface area contributed by atoms with Crippen LogP contribution in [0, 0.1) is 12.8 Å². The minimum Gasteiger partial charge on any atom is -0.337 e. The second-order valence-corrected chi connectivity index (χ2v) is 8.80. The summed E-state index contributed by atoms with van der Waals surface area (Å²) in [6.45, 7) is 3.18. The first-order valence-corrected chi connectivity index (χ1v) is 11.3. The molecule has 2 aromatic carbocycles. The summed E-state index contributed by atoms with van der Waals surface area (Å²) in [6.07, 6.45) is 14.0. The number of rotatable bonds is 11. The van der Waals surface area contributed by atoms with Crippen LogP contribution in [-0.4, -0.2) is 9.55 Å². The van der Waals surface area contributed by atoms with E-state index in [0.29, 0.717) is 10.9 Å². The summed E-state index contributed by atoms with van der Waals surface area (Å²) in [5.41, 5.74) is 3.97. The highest BCUT2D eigenvalue weighted by atomic mass is 35.5. The van der Waals surface area contributed by atoms with Gasteiger partial charge in [0.05, 0.1) is 6.33 Å². The Labute approximate surface area is 184 Å². The van der Waals surface area contributed by atoms with E-state index in [1.165, 1.54) is 48.8 Å². The van der Waals surface area contributed by atoms with Gasteiger partial charge in [-0.25, -0.2) is 4.98 Å². The molecule has 0 spiro atoms. The largest absolute Gasteiger partial charge is 0.337 e. The number of imidazole rings is 1. The number of halogens is 2. The molecule has 0 N–H and O–H groups in total. The normalized spacial score (nSPS) is 12.2. The summed E-state index contributed by atoms with van der Waals surface area (Å²) in [5.74, 6) is 0.704. The third-order valence-electron chi connectivity index (χ3n) is 5.62. The number of hydrogen-bond acceptors (Lipinski definition) is 1. The van der Waals surface area contributed by atoms with Gasteiger partial charge in [0, 0.05) is 29.0 Å². The van der Waals surface area contributed by atoms with Crippen molar-refractivity contribution in [2.45, 2.75) is 58.4 Å². The number of nitrogens with zero attached hydrogens (tertiary/aromatic N) is 2. The monoisotopic (exact) mass is 428 g/mol. The summed E-state index contributed by atoms with van der Waals surface area (Å²) in [5, 5.41) is 1.49. The maximum atomic E-state index is 6.39. The molecular weight excluding hydrogens is 399 g/mol. The van der Waals surface area contributed by atoms with Crippen molar-refractivity contribution in [3.8, 4) is 0 Å². The van der Waals surface area contributed by atoms with Crippen molar-refractivity contribution < 1.29 is 0 Å². The predicted octanol–water partition coefficient (Wildman–Crippen LogP) is 7.55. The fourth-order valence-electron chi connectivity index (χ4n) is 3.85. The predicted molar refractivity (Wildman–Crippen MR) is 124 cm³/mol. The van der Waals surface area contributed by atoms with Gasteiger partial charge in [0.15, 0.2) is 0 Å². The van der Waals surface area contributed by atoms with E-state index in [1.807, 2.05) is 30.9 Å². The second-order valence-electron chi connectivity index (χ2n) is 7.96. The Balaban J connectivity index is 1.52. The Bertz CT molecular complexity index is 857. The van der Waals surface area contributed by atoms with Crippen molar-refractivity contribution in [1.29, 1.82) is 0 Å². The van der Waals surface area contributed by atoms with Crippen LogP contribution in [0.4, 0.5) is 0 Å². The van der Waals surface area contributed by atoms with Crippen molar-refractivity contribution in [3.05, 3.63) is 87.9 Å². The Morgan fingerprint density at radius 3 is 2.45 bits per heavy atom. The molecule has 0 amide bonds. The minimum atomic E-state index is 0.703. The minimum absolute atomic E-state index is 0.703. The quantitative estimate of drug-likeness (QED) is 0.308. The van der Waals surface area contributed by atoms with E-state index >= 15 is 0 Å². The van der Waals surface area contributed by atoms with E-state index in [0.717, 1.165) is 24.4 Å². The highest BCUT2D eigenvalue weighted by molar-refractivity contribution is 6.35. The van der Waals surface area contributed by atoms with Crippen LogP contribution in [0.2, 0.25) is 10.0 Å². The molecule has 4 heteroatoms. The SMILES string of the molecule is Cc1ccc(CCCC(CCCn2ccnc2)CCc2ccc(Cl)cc2Cl)cc1. The molecule has 29 heavy (non-hydrogen) atoms. The molecule has 0 aliphatic heterocycles. The molecule has 0 saturated carbocycles. The Hall–Kier alpha value is -1.77. The Kier molecular flexibility index (Phi) is 8.64. The lowest BCUT2D eigenvalue weighted by Gasteiger charge is -2.18. The Morgan fingerprint density at radius 1 is 0.931 bits per heavy atom. The van der Waals surface area contributed by atoms with Crippen molar-refractivity contribution in [2.24, 2.45) is 5.92 Å². The van der Waals surface area contributed by atoms with Gasteiger partial charge in [-0.05, 0) is 74.6 Å². The molecule has 1 atom stereocenters. The summed E-state index contributed by atoms with van der Waals surface area (Å²) in [7, 11) is 0. The standard InChI is InChI=1S/C25H30Cl2N2/c1-20-7-9-22(10-8-20)5-2-4-21(6-3-16-29-17-15-28-19-29)11-12-23-13-14-24(26)18-25(23)27/h7-10,13-15,17-19,21H,2-6,11-12,16H2,1H3. The number of benzene rings is 2. The van der Waals surface area contributed by atoms with E-state index in [1.54, 1.807) is 0 Å². The third kappa shape index (κ3) is 7.53. The molecule has 0 aliphatic rings. The molecule has 0 aliphatic carbocycles. The van der Waals surface area contributed by atoms with E-state index < -0.39 is 0 Å². The zero-order valence-corrected chi connectivity index (χ0v) is 18.7. The van der Waals surface area contributed by atoms with E-state index in [2.05, 4.69) is 46.8 Å². The van der Waals surface area contributed by atoms with E-state index in [9.17, 15) is 0 Å². The first-order valence-electron chi connectivity index (χ1n) is 10.6. The topological polar surface area (TPSA) is 17.8 Å². The molecule has 0 saturated heterocycles. The van der Waals surface area contributed by atoms with Gasteiger partial charge in [-0.15, -0.1) is 0 Å². The lowest BCUT2D eigenvalue weighted by atomic mass is 9.89. The molecule has 3 rings (SSSR count). The molecule has 0 radical (unpaired) electrons. The molecule has 154 valence electrons. The molecule has 3 aromatic rings. The van der Waals surface area contributed by atoms with Crippen LogP contribution in [0.25, 0.3) is 0 Å². The van der Waals surface area contributed by atoms with Crippen LogP contribution in [0.1, 0.15) is 48.8 Å². The van der Waals surface area contributed by atoms with Gasteiger partial charge in [0.25, 0.3) is 0 Å². The van der Waals surface area contributed by atoms with Crippen LogP contribution < -0.4 is 0 Å². The van der Waals surface area contributed by atoms with Crippen LogP contribution in [0.15, 0.2) is 61.2 Å². The fourth-order valence-corrected chi connectivity index (χ4v) is 4.35. The van der Waals surface area contributed by atoms with Crippen molar-refractivity contribution in [3.63, 3.8) is 0 Å². The number of aromatic nitrogens is 2. The fraction of sp³-hybridized carbons (Fsp3) is 0.400. The molecule has 1 aromatic heterocycles. The lowest BCUT2D eigenvalue weighted by molar-refractivity contribution is 0.386. The van der Waals surface area contributed by atoms with Gasteiger partial charge in [0.1, 0.15) is 0 Å². The average Bonchev–Trinajstić information content (AvgIpc) is 3.22. The lowest BCUT2D eigenvalue weighted by Crippen LogP contribution is -2.06.